The first-order valence-electron chi connectivity index (χ1n) is 10.9. The van der Waals surface area contributed by atoms with Gasteiger partial charge in [-0.3, -0.25) is 9.59 Å². The van der Waals surface area contributed by atoms with Gasteiger partial charge < -0.3 is 10.2 Å². The maximum atomic E-state index is 12.9. The second-order valence-corrected chi connectivity index (χ2v) is 10.9. The third-order valence-electron chi connectivity index (χ3n) is 5.69. The molecule has 1 fully saturated rings. The van der Waals surface area contributed by atoms with Crippen LogP contribution in [0, 0.1) is 0 Å². The molecule has 1 saturated heterocycles. The lowest BCUT2D eigenvalue weighted by molar-refractivity contribution is -0.133. The van der Waals surface area contributed by atoms with Gasteiger partial charge in [-0.05, 0) is 43.0 Å². The number of rotatable bonds is 6. The Kier molecular flexibility index (Phi) is 7.17. The zero-order valence-corrected chi connectivity index (χ0v) is 19.4. The highest BCUT2D eigenvalue weighted by Gasteiger charge is 2.36. The van der Waals surface area contributed by atoms with Gasteiger partial charge in [0.05, 0.1) is 10.6 Å². The summed E-state index contributed by atoms with van der Waals surface area (Å²) in [7, 11) is -3.72. The number of hydrogen-bond donors (Lipinski definition) is 2. The first-order valence-corrected chi connectivity index (χ1v) is 13.2. The van der Waals surface area contributed by atoms with Crippen molar-refractivity contribution in [3.8, 4) is 0 Å². The van der Waals surface area contributed by atoms with E-state index in [1.807, 2.05) is 30.3 Å². The van der Waals surface area contributed by atoms with Crippen molar-refractivity contribution < 1.29 is 18.0 Å². The molecule has 2 aromatic rings. The van der Waals surface area contributed by atoms with E-state index in [0.717, 1.165) is 31.2 Å². The maximum Gasteiger partial charge on any atom is 0.247 e. The molecule has 2 aromatic carbocycles. The summed E-state index contributed by atoms with van der Waals surface area (Å²) in [5, 5.41) is 1.90. The van der Waals surface area contributed by atoms with E-state index in [1.54, 1.807) is 11.0 Å². The molecule has 2 heterocycles. The summed E-state index contributed by atoms with van der Waals surface area (Å²) in [6, 6.07) is 14.3. The van der Waals surface area contributed by atoms with Crippen molar-refractivity contribution in [3.63, 3.8) is 0 Å². The third kappa shape index (κ3) is 5.33. The summed E-state index contributed by atoms with van der Waals surface area (Å²) >= 11 is 1.19. The maximum absolute atomic E-state index is 12.9. The monoisotopic (exact) mass is 473 g/mol. The molecule has 0 spiro atoms. The van der Waals surface area contributed by atoms with Crippen LogP contribution in [0.25, 0.3) is 0 Å². The smallest absolute Gasteiger partial charge is 0.247 e. The normalized spacial score (nSPS) is 19.1. The number of fused-ring (bicyclic) bond motifs is 1. The van der Waals surface area contributed by atoms with Crippen LogP contribution in [0.5, 0.6) is 0 Å². The van der Waals surface area contributed by atoms with Gasteiger partial charge in [0.15, 0.2) is 5.25 Å². The molecule has 0 radical (unpaired) electrons. The molecule has 32 heavy (non-hydrogen) atoms. The van der Waals surface area contributed by atoms with Crippen LogP contribution in [-0.2, 0) is 26.0 Å². The van der Waals surface area contributed by atoms with Crippen molar-refractivity contribution in [1.82, 2.24) is 9.62 Å². The van der Waals surface area contributed by atoms with E-state index >= 15 is 0 Å². The Morgan fingerprint density at radius 2 is 1.78 bits per heavy atom. The lowest BCUT2D eigenvalue weighted by atomic mass is 10.2. The Bertz CT molecular complexity index is 1080. The van der Waals surface area contributed by atoms with Crippen LogP contribution in [0.3, 0.4) is 0 Å². The van der Waals surface area contributed by atoms with E-state index in [1.165, 1.54) is 23.9 Å². The van der Waals surface area contributed by atoms with Gasteiger partial charge in [-0.2, -0.15) is 0 Å². The van der Waals surface area contributed by atoms with Gasteiger partial charge >= 0.3 is 0 Å². The Morgan fingerprint density at radius 3 is 2.50 bits per heavy atom. The number of likely N-dealkylation sites (tertiary alicyclic amines) is 1. The van der Waals surface area contributed by atoms with Crippen molar-refractivity contribution in [1.29, 1.82) is 0 Å². The molecule has 7 nitrogen and oxygen atoms in total. The minimum Gasteiger partial charge on any atom is -0.341 e. The predicted octanol–water partition coefficient (Wildman–Crippen LogP) is 3.02. The number of carbonyl (C=O) groups is 2. The molecule has 0 bridgehead atoms. The van der Waals surface area contributed by atoms with Crippen LogP contribution >= 0.6 is 11.8 Å². The zero-order chi connectivity index (χ0) is 22.6. The molecule has 4 rings (SSSR count). The molecule has 0 saturated carbocycles. The van der Waals surface area contributed by atoms with Crippen molar-refractivity contribution in [2.45, 2.75) is 47.1 Å². The fourth-order valence-electron chi connectivity index (χ4n) is 3.93. The number of amides is 2. The van der Waals surface area contributed by atoms with Crippen LogP contribution in [-0.4, -0.2) is 50.0 Å². The predicted molar refractivity (Wildman–Crippen MR) is 125 cm³/mol. The molecule has 2 amide bonds. The van der Waals surface area contributed by atoms with Crippen molar-refractivity contribution >= 4 is 39.3 Å². The summed E-state index contributed by atoms with van der Waals surface area (Å²) in [6.45, 7) is 1.64. The van der Waals surface area contributed by atoms with Gasteiger partial charge in [0.25, 0.3) is 0 Å². The van der Waals surface area contributed by atoms with Gasteiger partial charge in [0, 0.05) is 24.5 Å². The second-order valence-electron chi connectivity index (χ2n) is 8.02. The fourth-order valence-corrected chi connectivity index (χ4v) is 6.04. The number of nitrogens with zero attached hydrogens (tertiary/aromatic N) is 1. The number of nitrogens with one attached hydrogen (secondary N) is 2. The van der Waals surface area contributed by atoms with E-state index in [9.17, 15) is 18.0 Å². The lowest BCUT2D eigenvalue weighted by Crippen LogP contribution is -2.45. The van der Waals surface area contributed by atoms with Crippen LogP contribution in [0.4, 0.5) is 5.69 Å². The zero-order valence-electron chi connectivity index (χ0n) is 17.7. The molecule has 1 atom stereocenters. The average molecular weight is 474 g/mol. The number of sulfonamides is 1. The number of thioether (sulfide) groups is 1. The molecular formula is C23H27N3O4S2. The van der Waals surface area contributed by atoms with Gasteiger partial charge in [0.2, 0.25) is 21.8 Å². The van der Waals surface area contributed by atoms with Crippen LogP contribution in [0.15, 0.2) is 58.3 Å². The van der Waals surface area contributed by atoms with Gasteiger partial charge in [-0.15, -0.1) is 11.8 Å². The number of benzene rings is 2. The van der Waals surface area contributed by atoms with Crippen LogP contribution < -0.4 is 10.0 Å². The highest BCUT2D eigenvalue weighted by molar-refractivity contribution is 8.01. The van der Waals surface area contributed by atoms with Gasteiger partial charge in [-0.25, -0.2) is 13.1 Å². The number of hydrogen-bond acceptors (Lipinski definition) is 5. The Hall–Kier alpha value is -2.36. The Labute approximate surface area is 193 Å². The van der Waals surface area contributed by atoms with Crippen molar-refractivity contribution in [2.24, 2.45) is 0 Å². The summed E-state index contributed by atoms with van der Waals surface area (Å²) in [5.74, 6) is -0.567. The quantitative estimate of drug-likeness (QED) is 0.629. The largest absolute Gasteiger partial charge is 0.341 e. The Morgan fingerprint density at radius 1 is 1.06 bits per heavy atom. The molecule has 2 N–H and O–H groups in total. The van der Waals surface area contributed by atoms with Crippen LogP contribution in [0.1, 0.15) is 31.2 Å². The van der Waals surface area contributed by atoms with Crippen molar-refractivity contribution in [3.05, 3.63) is 54.1 Å². The molecule has 0 unspecified atom stereocenters. The highest BCUT2D eigenvalue weighted by atomic mass is 32.2. The molecule has 170 valence electrons. The summed E-state index contributed by atoms with van der Waals surface area (Å²) in [6.07, 6.45) is 4.71. The number of anilines is 1. The standard InChI is InChI=1S/C23H27N3O4S2/c27-22-21(23(28)26-14-6-1-2-7-15-26)31-20-11-10-18(16-19(20)25-22)32(29,30)24-13-12-17-8-4-3-5-9-17/h3-5,8-11,16,21,24H,1-2,6-7,12-15H2,(H,25,27)/t21-/m0/s1. The minimum absolute atomic E-state index is 0.0857. The number of carbonyl (C=O) groups excluding carboxylic acids is 2. The minimum atomic E-state index is -3.72. The SMILES string of the molecule is O=C1Nc2cc(S(=O)(=O)NCCc3ccccc3)ccc2S[C@@H]1C(=O)N1CCCCCC1. The molecule has 0 aliphatic carbocycles. The van der Waals surface area contributed by atoms with Crippen molar-refractivity contribution in [2.75, 3.05) is 25.0 Å². The summed E-state index contributed by atoms with van der Waals surface area (Å²) in [5.41, 5.74) is 1.47. The average Bonchev–Trinajstić information content (AvgIpc) is 3.08. The van der Waals surface area contributed by atoms with E-state index < -0.39 is 21.2 Å². The van der Waals surface area contributed by atoms with Gasteiger partial charge in [0.1, 0.15) is 0 Å². The molecule has 2 aliphatic rings. The first kappa shape index (κ1) is 22.8. The van der Waals surface area contributed by atoms with Gasteiger partial charge in [-0.1, -0.05) is 43.2 Å². The molecule has 0 aromatic heterocycles. The molecular weight excluding hydrogens is 446 g/mol. The molecule has 9 heteroatoms. The lowest BCUT2D eigenvalue weighted by Gasteiger charge is -2.28. The first-order chi connectivity index (χ1) is 15.4. The fraction of sp³-hybridized carbons (Fsp3) is 0.391. The topological polar surface area (TPSA) is 95.6 Å². The van der Waals surface area contributed by atoms with E-state index in [0.29, 0.717) is 30.1 Å². The molecule has 2 aliphatic heterocycles. The summed E-state index contributed by atoms with van der Waals surface area (Å²) in [4.78, 5) is 28.2. The second kappa shape index (κ2) is 10.1. The van der Waals surface area contributed by atoms with E-state index in [2.05, 4.69) is 10.0 Å². The Balaban J connectivity index is 1.43. The third-order valence-corrected chi connectivity index (χ3v) is 8.41. The summed E-state index contributed by atoms with van der Waals surface area (Å²) < 4.78 is 28.0. The highest BCUT2D eigenvalue weighted by Crippen LogP contribution is 2.38. The van der Waals surface area contributed by atoms with E-state index in [4.69, 9.17) is 0 Å². The van der Waals surface area contributed by atoms with Crippen LogP contribution in [0.2, 0.25) is 0 Å². The van der Waals surface area contributed by atoms with E-state index in [-0.39, 0.29) is 17.3 Å².